The van der Waals surface area contributed by atoms with E-state index in [1.165, 1.54) is 0 Å². The van der Waals surface area contributed by atoms with Crippen LogP contribution in [0.5, 0.6) is 0 Å². The van der Waals surface area contributed by atoms with Crippen LogP contribution in [0.3, 0.4) is 0 Å². The number of amides is 1. The molecular formula is C26H35N3O3. The van der Waals surface area contributed by atoms with Crippen molar-refractivity contribution in [3.05, 3.63) is 71.8 Å². The van der Waals surface area contributed by atoms with E-state index in [2.05, 4.69) is 29.1 Å². The van der Waals surface area contributed by atoms with Crippen molar-refractivity contribution >= 4 is 11.9 Å². The molecule has 32 heavy (non-hydrogen) atoms. The fraction of sp³-hybridized carbons (Fsp3) is 0.462. The highest BCUT2D eigenvalue weighted by molar-refractivity contribution is 5.83. The van der Waals surface area contributed by atoms with Crippen molar-refractivity contribution in [2.24, 2.45) is 5.92 Å². The van der Waals surface area contributed by atoms with E-state index in [-0.39, 0.29) is 30.9 Å². The van der Waals surface area contributed by atoms with Gasteiger partial charge >= 0.3 is 5.97 Å². The molecule has 3 rings (SSSR count). The summed E-state index contributed by atoms with van der Waals surface area (Å²) in [6.07, 6.45) is 0.605. The summed E-state index contributed by atoms with van der Waals surface area (Å²) in [7, 11) is 2.13. The molecule has 0 spiro atoms. The summed E-state index contributed by atoms with van der Waals surface area (Å²) >= 11 is 0. The predicted molar refractivity (Wildman–Crippen MR) is 126 cm³/mol. The first-order valence-corrected chi connectivity index (χ1v) is 11.4. The number of esters is 1. The third kappa shape index (κ3) is 7.77. The van der Waals surface area contributed by atoms with Crippen LogP contribution in [-0.2, 0) is 27.4 Å². The first-order chi connectivity index (χ1) is 15.5. The zero-order valence-corrected chi connectivity index (χ0v) is 19.2. The minimum atomic E-state index is -0.514. The molecule has 0 saturated carbocycles. The smallest absolute Gasteiger partial charge is 0.310 e. The quantitative estimate of drug-likeness (QED) is 0.579. The molecular weight excluding hydrogens is 402 g/mol. The number of nitrogens with one attached hydrogen (secondary N) is 1. The van der Waals surface area contributed by atoms with E-state index in [0.29, 0.717) is 13.0 Å². The van der Waals surface area contributed by atoms with E-state index in [1.807, 2.05) is 60.7 Å². The predicted octanol–water partition coefficient (Wildman–Crippen LogP) is 2.73. The Hall–Kier alpha value is -2.70. The van der Waals surface area contributed by atoms with Crippen LogP contribution in [0.2, 0.25) is 0 Å². The molecule has 1 saturated heterocycles. The molecule has 1 aliphatic rings. The van der Waals surface area contributed by atoms with Crippen LogP contribution in [0.15, 0.2) is 60.7 Å². The molecule has 0 aliphatic carbocycles. The number of ether oxygens (including phenoxy) is 1. The molecule has 172 valence electrons. The summed E-state index contributed by atoms with van der Waals surface area (Å²) in [4.78, 5) is 30.3. The van der Waals surface area contributed by atoms with Gasteiger partial charge in [0.2, 0.25) is 5.91 Å². The summed E-state index contributed by atoms with van der Waals surface area (Å²) in [6, 6.07) is 19.7. The number of hydrogen-bond donors (Lipinski definition) is 1. The van der Waals surface area contributed by atoms with Gasteiger partial charge in [0.15, 0.2) is 0 Å². The van der Waals surface area contributed by atoms with Crippen molar-refractivity contribution in [1.29, 1.82) is 0 Å². The highest BCUT2D eigenvalue weighted by atomic mass is 16.5. The Morgan fingerprint density at radius 3 is 2.16 bits per heavy atom. The number of rotatable bonds is 10. The van der Waals surface area contributed by atoms with Gasteiger partial charge in [-0.05, 0) is 31.5 Å². The van der Waals surface area contributed by atoms with Crippen LogP contribution >= 0.6 is 0 Å². The van der Waals surface area contributed by atoms with Crippen LogP contribution in [0.1, 0.15) is 24.5 Å². The number of nitrogens with zero attached hydrogens (tertiary/aromatic N) is 2. The highest BCUT2D eigenvalue weighted by Crippen LogP contribution is 2.16. The number of hydrogen-bond acceptors (Lipinski definition) is 5. The Morgan fingerprint density at radius 2 is 1.53 bits per heavy atom. The second-order valence-electron chi connectivity index (χ2n) is 8.68. The summed E-state index contributed by atoms with van der Waals surface area (Å²) in [5.41, 5.74) is 1.96. The lowest BCUT2D eigenvalue weighted by atomic mass is 9.95. The SMILES string of the molecule is C[C@H](CNC(=O)C[C@@H](Cc1ccccc1)C(=O)OCc1ccccc1)N1CCN(C)CC1. The van der Waals surface area contributed by atoms with Crippen molar-refractivity contribution < 1.29 is 14.3 Å². The molecule has 0 unspecified atom stereocenters. The Labute approximate surface area is 191 Å². The number of piperazine rings is 1. The number of likely N-dealkylation sites (N-methyl/N-ethyl adjacent to an activating group) is 1. The maximum Gasteiger partial charge on any atom is 0.310 e. The summed E-state index contributed by atoms with van der Waals surface area (Å²) in [6.45, 7) is 7.05. The molecule has 2 aromatic carbocycles. The maximum atomic E-state index is 12.9. The van der Waals surface area contributed by atoms with Gasteiger partial charge in [0.1, 0.15) is 6.61 Å². The van der Waals surface area contributed by atoms with Gasteiger partial charge in [-0.3, -0.25) is 14.5 Å². The molecule has 2 aromatic rings. The Balaban J connectivity index is 1.53. The third-order valence-electron chi connectivity index (χ3n) is 6.07. The third-order valence-corrected chi connectivity index (χ3v) is 6.07. The zero-order valence-electron chi connectivity index (χ0n) is 19.2. The molecule has 0 bridgehead atoms. The van der Waals surface area contributed by atoms with E-state index >= 15 is 0 Å². The second kappa shape index (κ2) is 12.4. The molecule has 2 atom stereocenters. The topological polar surface area (TPSA) is 61.9 Å². The summed E-state index contributed by atoms with van der Waals surface area (Å²) in [5, 5.41) is 3.03. The van der Waals surface area contributed by atoms with Crippen molar-refractivity contribution in [2.45, 2.75) is 32.4 Å². The van der Waals surface area contributed by atoms with Gasteiger partial charge in [0.25, 0.3) is 0 Å². The van der Waals surface area contributed by atoms with E-state index in [0.717, 1.165) is 37.3 Å². The van der Waals surface area contributed by atoms with Crippen molar-refractivity contribution in [3.8, 4) is 0 Å². The monoisotopic (exact) mass is 437 g/mol. The standard InChI is InChI=1S/C26H35N3O3/c1-21(29-15-13-28(2)14-16-29)19-27-25(30)18-24(17-22-9-5-3-6-10-22)26(31)32-20-23-11-7-4-8-12-23/h3-12,21,24H,13-20H2,1-2H3,(H,27,30)/t21-,24-/m1/s1. The van der Waals surface area contributed by atoms with Crippen molar-refractivity contribution in [3.63, 3.8) is 0 Å². The number of benzene rings is 2. The Bertz CT molecular complexity index is 836. The van der Waals surface area contributed by atoms with Crippen LogP contribution in [-0.4, -0.2) is 67.5 Å². The molecule has 6 heteroatoms. The van der Waals surface area contributed by atoms with Crippen LogP contribution in [0, 0.1) is 5.92 Å². The molecule has 1 amide bonds. The fourth-order valence-electron chi connectivity index (χ4n) is 3.93. The molecule has 6 nitrogen and oxygen atoms in total. The number of carbonyl (C=O) groups excluding carboxylic acids is 2. The van der Waals surface area contributed by atoms with Gasteiger partial charge in [-0.15, -0.1) is 0 Å². The molecule has 1 heterocycles. The van der Waals surface area contributed by atoms with E-state index in [1.54, 1.807) is 0 Å². The largest absolute Gasteiger partial charge is 0.461 e. The van der Waals surface area contributed by atoms with Crippen LogP contribution in [0.4, 0.5) is 0 Å². The Kier molecular flexibility index (Phi) is 9.26. The van der Waals surface area contributed by atoms with Crippen LogP contribution in [0.25, 0.3) is 0 Å². The molecule has 1 N–H and O–H groups in total. The molecule has 1 fully saturated rings. The number of carbonyl (C=O) groups is 2. The summed E-state index contributed by atoms with van der Waals surface area (Å²) in [5.74, 6) is -0.955. The van der Waals surface area contributed by atoms with Gasteiger partial charge in [-0.25, -0.2) is 0 Å². The summed E-state index contributed by atoms with van der Waals surface area (Å²) < 4.78 is 5.56. The highest BCUT2D eigenvalue weighted by Gasteiger charge is 2.25. The van der Waals surface area contributed by atoms with Gasteiger partial charge in [-0.2, -0.15) is 0 Å². The van der Waals surface area contributed by atoms with Crippen molar-refractivity contribution in [2.75, 3.05) is 39.8 Å². The van der Waals surface area contributed by atoms with Gasteiger partial charge in [0.05, 0.1) is 5.92 Å². The Morgan fingerprint density at radius 1 is 0.938 bits per heavy atom. The molecule has 0 aromatic heterocycles. The van der Waals surface area contributed by atoms with Gasteiger partial charge in [-0.1, -0.05) is 60.7 Å². The average molecular weight is 438 g/mol. The zero-order chi connectivity index (χ0) is 22.8. The second-order valence-corrected chi connectivity index (χ2v) is 8.68. The normalized spacial score (nSPS) is 16.8. The lowest BCUT2D eigenvalue weighted by molar-refractivity contribution is -0.151. The van der Waals surface area contributed by atoms with E-state index in [9.17, 15) is 9.59 Å². The maximum absolute atomic E-state index is 12.9. The lowest BCUT2D eigenvalue weighted by Crippen LogP contribution is -2.51. The van der Waals surface area contributed by atoms with Gasteiger partial charge in [0, 0.05) is 45.2 Å². The first-order valence-electron chi connectivity index (χ1n) is 11.4. The minimum absolute atomic E-state index is 0.108. The van der Waals surface area contributed by atoms with Crippen LogP contribution < -0.4 is 5.32 Å². The van der Waals surface area contributed by atoms with Gasteiger partial charge < -0.3 is 15.0 Å². The van der Waals surface area contributed by atoms with E-state index in [4.69, 9.17) is 4.74 Å². The molecule has 0 radical (unpaired) electrons. The van der Waals surface area contributed by atoms with Crippen molar-refractivity contribution in [1.82, 2.24) is 15.1 Å². The molecule has 1 aliphatic heterocycles. The van der Waals surface area contributed by atoms with E-state index < -0.39 is 5.92 Å². The lowest BCUT2D eigenvalue weighted by Gasteiger charge is -2.36. The average Bonchev–Trinajstić information content (AvgIpc) is 2.82. The first kappa shape index (κ1) is 24.0. The minimum Gasteiger partial charge on any atom is -0.461 e. The fourth-order valence-corrected chi connectivity index (χ4v) is 3.93.